The van der Waals surface area contributed by atoms with Gasteiger partial charge < -0.3 is 37.6 Å². The number of unbranched alkanes of at least 4 members (excludes halogenated alkanes) is 1. The van der Waals surface area contributed by atoms with Gasteiger partial charge in [-0.2, -0.15) is 0 Å². The maximum Gasteiger partial charge on any atom is 0.243 e. The van der Waals surface area contributed by atoms with Gasteiger partial charge in [0, 0.05) is 16.2 Å². The van der Waals surface area contributed by atoms with Gasteiger partial charge in [-0.3, -0.25) is 33.7 Å². The molecule has 55 heavy (non-hydrogen) atoms. The van der Waals surface area contributed by atoms with Gasteiger partial charge in [-0.25, -0.2) is 0 Å². The molecule has 2 aliphatic heterocycles. The maximum absolute atomic E-state index is 14.5. The van der Waals surface area contributed by atoms with Crippen LogP contribution in [0, 0.1) is 11.8 Å². The fraction of sp³-hybridized carbons (Fsp3) is 0.700. The average molecular weight is 787 g/mol. The Hall–Kier alpha value is -3.69. The minimum absolute atomic E-state index is 0.00156. The highest BCUT2D eigenvalue weighted by Gasteiger charge is 2.45. The van der Waals surface area contributed by atoms with Crippen molar-refractivity contribution in [1.29, 1.82) is 0 Å². The summed E-state index contributed by atoms with van der Waals surface area (Å²) in [5.74, 6) is -2.57. The zero-order chi connectivity index (χ0) is 40.9. The van der Waals surface area contributed by atoms with E-state index in [2.05, 4.69) is 31.9 Å². The van der Waals surface area contributed by atoms with Crippen LogP contribution in [0.5, 0.6) is 0 Å². The Bertz CT molecular complexity index is 1450. The zero-order valence-electron chi connectivity index (χ0n) is 34.0. The molecule has 2 heterocycles. The number of carbonyl (C=O) groups excluding carboxylic acids is 6. The SMILES string of the molecule is CC(C)C[C@@H]1NC(=O)[C@H](C)NC(=O)[C@@H]2CCCN2[C@H](C(=O)NC(C)(C)C)[C@H](CSc2ccccc2)NC(=O)[C@H](CCCCN)NC(=O)[C@@H](CC(C)C)NC1=O. The van der Waals surface area contributed by atoms with E-state index in [0.29, 0.717) is 45.2 Å². The first-order valence-corrected chi connectivity index (χ1v) is 20.9. The maximum atomic E-state index is 14.5. The number of carbonyl (C=O) groups is 6. The third kappa shape index (κ3) is 14.7. The number of benzene rings is 1. The van der Waals surface area contributed by atoms with Crippen molar-refractivity contribution in [1.82, 2.24) is 36.8 Å². The summed E-state index contributed by atoms with van der Waals surface area (Å²) < 4.78 is 0. The Morgan fingerprint density at radius 2 is 1.38 bits per heavy atom. The molecule has 0 spiro atoms. The second-order valence-electron chi connectivity index (χ2n) is 16.8. The van der Waals surface area contributed by atoms with Gasteiger partial charge in [0.05, 0.1) is 12.1 Å². The van der Waals surface area contributed by atoms with Gasteiger partial charge in [-0.15, -0.1) is 11.8 Å². The number of hydrogen-bond donors (Lipinski definition) is 7. The molecular formula is C40H66N8O6S. The first-order chi connectivity index (χ1) is 25.9. The summed E-state index contributed by atoms with van der Waals surface area (Å²) in [5.41, 5.74) is 5.19. The number of rotatable bonds is 12. The van der Waals surface area contributed by atoms with Crippen LogP contribution in [-0.4, -0.2) is 107 Å². The summed E-state index contributed by atoms with van der Waals surface area (Å²) in [4.78, 5) is 87.2. The lowest BCUT2D eigenvalue weighted by Gasteiger charge is -2.39. The predicted molar refractivity (Wildman–Crippen MR) is 216 cm³/mol. The molecule has 2 fully saturated rings. The van der Waals surface area contributed by atoms with Crippen molar-refractivity contribution in [3.8, 4) is 0 Å². The summed E-state index contributed by atoms with van der Waals surface area (Å²) in [6, 6.07) is 3.05. The van der Waals surface area contributed by atoms with Crippen molar-refractivity contribution in [2.75, 3.05) is 18.8 Å². The van der Waals surface area contributed by atoms with Gasteiger partial charge in [0.1, 0.15) is 30.2 Å². The molecule has 14 nitrogen and oxygen atoms in total. The average Bonchev–Trinajstić information content (AvgIpc) is 3.57. The van der Waals surface area contributed by atoms with E-state index in [1.807, 2.05) is 83.7 Å². The Balaban J connectivity index is 2.17. The molecule has 0 bridgehead atoms. The predicted octanol–water partition coefficient (Wildman–Crippen LogP) is 2.21. The quantitative estimate of drug-likeness (QED) is 0.123. The van der Waals surface area contributed by atoms with Crippen molar-refractivity contribution in [2.24, 2.45) is 17.6 Å². The topological polar surface area (TPSA) is 204 Å². The van der Waals surface area contributed by atoms with Crippen LogP contribution < -0.4 is 37.6 Å². The molecule has 2 saturated heterocycles. The lowest BCUT2D eigenvalue weighted by molar-refractivity contribution is -0.137. The van der Waals surface area contributed by atoms with E-state index >= 15 is 0 Å². The van der Waals surface area contributed by atoms with Crippen molar-refractivity contribution in [2.45, 2.75) is 153 Å². The first-order valence-electron chi connectivity index (χ1n) is 19.9. The van der Waals surface area contributed by atoms with Gasteiger partial charge in [0.15, 0.2) is 0 Å². The molecule has 308 valence electrons. The van der Waals surface area contributed by atoms with Crippen LogP contribution in [0.25, 0.3) is 0 Å². The summed E-state index contributed by atoms with van der Waals surface area (Å²) in [7, 11) is 0. The molecule has 6 amide bonds. The third-order valence-corrected chi connectivity index (χ3v) is 10.7. The van der Waals surface area contributed by atoms with Crippen LogP contribution in [-0.2, 0) is 28.8 Å². The van der Waals surface area contributed by atoms with Crippen LogP contribution in [0.3, 0.4) is 0 Å². The molecule has 0 aliphatic carbocycles. The number of nitrogens with zero attached hydrogens (tertiary/aromatic N) is 1. The smallest absolute Gasteiger partial charge is 0.243 e. The molecule has 1 aromatic rings. The molecule has 0 unspecified atom stereocenters. The Morgan fingerprint density at radius 1 is 0.818 bits per heavy atom. The minimum atomic E-state index is -1.01. The van der Waals surface area contributed by atoms with Crippen LogP contribution >= 0.6 is 11.8 Å². The number of hydrogen-bond acceptors (Lipinski definition) is 9. The number of nitrogens with two attached hydrogens (primary N) is 1. The van der Waals surface area contributed by atoms with Crippen LogP contribution in [0.4, 0.5) is 0 Å². The van der Waals surface area contributed by atoms with Gasteiger partial charge >= 0.3 is 0 Å². The summed E-state index contributed by atoms with van der Waals surface area (Å²) in [6.45, 7) is 15.7. The highest BCUT2D eigenvalue weighted by Crippen LogP contribution is 2.27. The van der Waals surface area contributed by atoms with Crippen molar-refractivity contribution in [3.05, 3.63) is 30.3 Å². The third-order valence-electron chi connectivity index (χ3n) is 9.61. The van der Waals surface area contributed by atoms with Crippen molar-refractivity contribution in [3.63, 3.8) is 0 Å². The van der Waals surface area contributed by atoms with Gasteiger partial charge in [0.25, 0.3) is 0 Å². The Labute approximate surface area is 331 Å². The largest absolute Gasteiger partial charge is 0.350 e. The molecule has 8 N–H and O–H groups in total. The number of fused-ring (bicyclic) bond motifs is 1. The number of amides is 6. The lowest BCUT2D eigenvalue weighted by atomic mass is 9.98. The Morgan fingerprint density at radius 3 is 1.95 bits per heavy atom. The molecular weight excluding hydrogens is 721 g/mol. The van der Waals surface area contributed by atoms with Crippen LogP contribution in [0.1, 0.15) is 100 Å². The van der Waals surface area contributed by atoms with E-state index in [1.165, 1.54) is 11.8 Å². The molecule has 7 atom stereocenters. The highest BCUT2D eigenvalue weighted by molar-refractivity contribution is 7.99. The van der Waals surface area contributed by atoms with E-state index in [0.717, 1.165) is 4.90 Å². The fourth-order valence-electron chi connectivity index (χ4n) is 6.99. The minimum Gasteiger partial charge on any atom is -0.350 e. The Kier molecular flexibility index (Phi) is 17.9. The van der Waals surface area contributed by atoms with Crippen LogP contribution in [0.15, 0.2) is 35.2 Å². The molecule has 15 heteroatoms. The summed E-state index contributed by atoms with van der Waals surface area (Å²) >= 11 is 1.47. The molecule has 0 radical (unpaired) electrons. The summed E-state index contributed by atoms with van der Waals surface area (Å²) in [5, 5.41) is 17.7. The van der Waals surface area contributed by atoms with E-state index in [1.54, 1.807) is 6.92 Å². The zero-order valence-corrected chi connectivity index (χ0v) is 34.9. The molecule has 3 rings (SSSR count). The molecule has 1 aromatic carbocycles. The molecule has 2 aliphatic rings. The lowest BCUT2D eigenvalue weighted by Crippen LogP contribution is -2.66. The van der Waals surface area contributed by atoms with Gasteiger partial charge in [0.2, 0.25) is 35.4 Å². The second-order valence-corrected chi connectivity index (χ2v) is 17.9. The fourth-order valence-corrected chi connectivity index (χ4v) is 7.98. The van der Waals surface area contributed by atoms with E-state index in [-0.39, 0.29) is 36.3 Å². The highest BCUT2D eigenvalue weighted by atomic mass is 32.2. The second kappa shape index (κ2) is 21.6. The number of nitrogens with one attached hydrogen (secondary N) is 6. The van der Waals surface area contributed by atoms with Gasteiger partial charge in [-0.1, -0.05) is 45.9 Å². The monoisotopic (exact) mass is 786 g/mol. The normalized spacial score (nSPS) is 26.6. The van der Waals surface area contributed by atoms with E-state index in [4.69, 9.17) is 5.73 Å². The van der Waals surface area contributed by atoms with Crippen molar-refractivity contribution >= 4 is 47.2 Å². The summed E-state index contributed by atoms with van der Waals surface area (Å²) in [6.07, 6.45) is 3.05. The van der Waals surface area contributed by atoms with Crippen LogP contribution in [0.2, 0.25) is 0 Å². The van der Waals surface area contributed by atoms with E-state index < -0.39 is 77.4 Å². The van der Waals surface area contributed by atoms with Crippen molar-refractivity contribution < 1.29 is 28.8 Å². The molecule has 0 saturated carbocycles. The standard InChI is InChI=1S/C40H66N8O6S/c1-24(2)21-29-37(52)45-30(22-25(3)4)36(51)43-28(17-12-13-19-41)35(50)46-31(23-55-27-15-10-9-11-16-27)33(39(54)47-40(6,7)8)48-20-14-18-32(48)38(53)42-26(5)34(49)44-29/h9-11,15-16,24-26,28-33H,12-14,17-23,41H2,1-8H3,(H,42,53)(H,43,51)(H,44,49)(H,45,52)(H,46,50)(H,47,54)/t26-,28-,29-,30+,31-,32-,33-/m0/s1. The number of thioether (sulfide) groups is 1. The molecule has 0 aromatic heterocycles. The van der Waals surface area contributed by atoms with Gasteiger partial charge in [-0.05, 0) is 110 Å². The van der Waals surface area contributed by atoms with E-state index in [9.17, 15) is 28.8 Å². The first kappa shape index (κ1) is 45.7.